The number of para-hydroxylation sites is 1. The molecular formula is C19H28N4O3S. The van der Waals surface area contributed by atoms with Gasteiger partial charge in [-0.1, -0.05) is 18.2 Å². The lowest BCUT2D eigenvalue weighted by molar-refractivity contribution is -0.0453. The average Bonchev–Trinajstić information content (AvgIpc) is 2.89. The second kappa shape index (κ2) is 7.71. The predicted molar refractivity (Wildman–Crippen MR) is 105 cm³/mol. The van der Waals surface area contributed by atoms with Crippen LogP contribution in [-0.2, 0) is 21.5 Å². The fourth-order valence-corrected chi connectivity index (χ4v) is 5.03. The van der Waals surface area contributed by atoms with Crippen molar-refractivity contribution < 1.29 is 13.2 Å². The zero-order chi connectivity index (χ0) is 19.8. The zero-order valence-corrected chi connectivity index (χ0v) is 17.4. The molecule has 1 aromatic carbocycles. The molecule has 1 aliphatic heterocycles. The van der Waals surface area contributed by atoms with Crippen LogP contribution >= 0.6 is 0 Å². The van der Waals surface area contributed by atoms with E-state index in [0.29, 0.717) is 13.1 Å². The lowest BCUT2D eigenvalue weighted by atomic mass is 10.2. The lowest BCUT2D eigenvalue weighted by Gasteiger charge is -2.36. The van der Waals surface area contributed by atoms with Gasteiger partial charge in [0, 0.05) is 37.9 Å². The van der Waals surface area contributed by atoms with Crippen molar-refractivity contribution in [2.75, 3.05) is 20.1 Å². The molecule has 0 N–H and O–H groups in total. The maximum atomic E-state index is 13.0. The summed E-state index contributed by atoms with van der Waals surface area (Å²) in [6, 6.07) is 9.85. The Morgan fingerprint density at radius 3 is 2.33 bits per heavy atom. The number of ether oxygens (including phenoxy) is 1. The van der Waals surface area contributed by atoms with Gasteiger partial charge in [-0.3, -0.25) is 0 Å². The third-order valence-electron chi connectivity index (χ3n) is 4.93. The Hall–Kier alpha value is -1.74. The van der Waals surface area contributed by atoms with E-state index in [1.54, 1.807) is 7.05 Å². The van der Waals surface area contributed by atoms with Gasteiger partial charge in [-0.15, -0.1) is 0 Å². The molecule has 1 fully saturated rings. The summed E-state index contributed by atoms with van der Waals surface area (Å²) in [5.74, 6) is 0. The van der Waals surface area contributed by atoms with Crippen LogP contribution in [0.2, 0.25) is 0 Å². The Labute approximate surface area is 161 Å². The van der Waals surface area contributed by atoms with Crippen LogP contribution < -0.4 is 0 Å². The van der Waals surface area contributed by atoms with Crippen LogP contribution in [0.3, 0.4) is 0 Å². The van der Waals surface area contributed by atoms with E-state index in [1.165, 1.54) is 8.61 Å². The van der Waals surface area contributed by atoms with E-state index in [-0.39, 0.29) is 18.8 Å². The number of rotatable bonds is 5. The third-order valence-corrected chi connectivity index (χ3v) is 6.80. The van der Waals surface area contributed by atoms with Crippen LogP contribution in [0.1, 0.15) is 30.8 Å². The van der Waals surface area contributed by atoms with Crippen LogP contribution in [-0.4, -0.2) is 59.2 Å². The number of morpholine rings is 1. The minimum atomic E-state index is -3.57. The van der Waals surface area contributed by atoms with Gasteiger partial charge in [-0.2, -0.15) is 22.1 Å². The van der Waals surface area contributed by atoms with E-state index in [2.05, 4.69) is 5.10 Å². The second-order valence-electron chi connectivity index (χ2n) is 7.23. The van der Waals surface area contributed by atoms with Crippen LogP contribution in [0.15, 0.2) is 30.3 Å². The summed E-state index contributed by atoms with van der Waals surface area (Å²) in [5, 5.41) is 4.61. The molecule has 0 radical (unpaired) electrons. The molecule has 0 unspecified atom stereocenters. The number of hydrogen-bond acceptors (Lipinski definition) is 4. The van der Waals surface area contributed by atoms with Crippen molar-refractivity contribution in [2.24, 2.45) is 0 Å². The highest BCUT2D eigenvalue weighted by atomic mass is 32.2. The molecular weight excluding hydrogens is 364 g/mol. The molecule has 0 spiro atoms. The summed E-state index contributed by atoms with van der Waals surface area (Å²) >= 11 is 0. The van der Waals surface area contributed by atoms with Crippen molar-refractivity contribution in [2.45, 2.75) is 46.4 Å². The number of nitrogens with zero attached hydrogens (tertiary/aromatic N) is 4. The van der Waals surface area contributed by atoms with Gasteiger partial charge in [0.15, 0.2) is 0 Å². The molecule has 3 rings (SSSR count). The smallest absolute Gasteiger partial charge is 0.282 e. The van der Waals surface area contributed by atoms with Crippen molar-refractivity contribution in [3.05, 3.63) is 47.3 Å². The van der Waals surface area contributed by atoms with Gasteiger partial charge in [0.1, 0.15) is 0 Å². The van der Waals surface area contributed by atoms with Gasteiger partial charge in [-0.05, 0) is 39.8 Å². The van der Waals surface area contributed by atoms with Gasteiger partial charge in [0.25, 0.3) is 10.2 Å². The van der Waals surface area contributed by atoms with E-state index in [1.807, 2.05) is 62.7 Å². The molecule has 1 aliphatic rings. The molecule has 1 saturated heterocycles. The molecule has 0 bridgehead atoms. The van der Waals surface area contributed by atoms with E-state index < -0.39 is 10.2 Å². The highest BCUT2D eigenvalue weighted by Crippen LogP contribution is 2.22. The maximum Gasteiger partial charge on any atom is 0.282 e. The van der Waals surface area contributed by atoms with E-state index in [4.69, 9.17) is 4.74 Å². The van der Waals surface area contributed by atoms with Crippen molar-refractivity contribution >= 4 is 10.2 Å². The Morgan fingerprint density at radius 1 is 1.15 bits per heavy atom. The summed E-state index contributed by atoms with van der Waals surface area (Å²) in [4.78, 5) is 0. The first-order valence-corrected chi connectivity index (χ1v) is 10.6. The topological polar surface area (TPSA) is 67.7 Å². The van der Waals surface area contributed by atoms with Crippen LogP contribution in [0.5, 0.6) is 0 Å². The lowest BCUT2D eigenvalue weighted by Crippen LogP contribution is -2.52. The van der Waals surface area contributed by atoms with Gasteiger partial charge < -0.3 is 4.74 Å². The Balaban J connectivity index is 1.84. The number of benzene rings is 1. The molecule has 0 amide bonds. The quantitative estimate of drug-likeness (QED) is 0.783. The third kappa shape index (κ3) is 4.08. The Kier molecular flexibility index (Phi) is 5.71. The highest BCUT2D eigenvalue weighted by Gasteiger charge is 2.34. The Bertz CT molecular complexity index is 885. The SMILES string of the molecule is Cc1nn(-c2ccccc2)c(C)c1CN(C)S(=O)(=O)N1C[C@H](C)O[C@@H](C)C1. The largest absolute Gasteiger partial charge is 0.373 e. The normalized spacial score (nSPS) is 21.7. The van der Waals surface area contributed by atoms with Gasteiger partial charge in [0.2, 0.25) is 0 Å². The van der Waals surface area contributed by atoms with Gasteiger partial charge in [0.05, 0.1) is 23.6 Å². The predicted octanol–water partition coefficient (Wildman–Crippen LogP) is 2.27. The first-order valence-electron chi connectivity index (χ1n) is 9.17. The molecule has 0 aliphatic carbocycles. The van der Waals surface area contributed by atoms with Gasteiger partial charge >= 0.3 is 0 Å². The minimum absolute atomic E-state index is 0.110. The maximum absolute atomic E-state index is 13.0. The molecule has 148 valence electrons. The number of aromatic nitrogens is 2. The van der Waals surface area contributed by atoms with Crippen LogP contribution in [0.4, 0.5) is 0 Å². The molecule has 27 heavy (non-hydrogen) atoms. The Morgan fingerprint density at radius 2 is 1.74 bits per heavy atom. The first kappa shape index (κ1) is 20.0. The molecule has 8 heteroatoms. The van der Waals surface area contributed by atoms with Crippen molar-refractivity contribution in [1.29, 1.82) is 0 Å². The van der Waals surface area contributed by atoms with Crippen LogP contribution in [0.25, 0.3) is 5.69 Å². The summed E-state index contributed by atoms with van der Waals surface area (Å²) < 4.78 is 36.5. The minimum Gasteiger partial charge on any atom is -0.373 e. The summed E-state index contributed by atoms with van der Waals surface area (Å²) in [6.07, 6.45) is -0.220. The van der Waals surface area contributed by atoms with E-state index in [0.717, 1.165) is 22.6 Å². The summed E-state index contributed by atoms with van der Waals surface area (Å²) in [7, 11) is -1.94. The average molecular weight is 393 g/mol. The second-order valence-corrected chi connectivity index (χ2v) is 9.27. The number of hydrogen-bond donors (Lipinski definition) is 0. The van der Waals surface area contributed by atoms with Crippen molar-refractivity contribution in [1.82, 2.24) is 18.4 Å². The number of aryl methyl sites for hydroxylation is 1. The molecule has 1 aromatic heterocycles. The molecule has 7 nitrogen and oxygen atoms in total. The summed E-state index contributed by atoms with van der Waals surface area (Å²) in [5.41, 5.74) is 3.68. The van der Waals surface area contributed by atoms with Crippen LogP contribution in [0, 0.1) is 13.8 Å². The summed E-state index contributed by atoms with van der Waals surface area (Å²) in [6.45, 7) is 8.72. The first-order chi connectivity index (χ1) is 12.7. The van der Waals surface area contributed by atoms with Gasteiger partial charge in [-0.25, -0.2) is 4.68 Å². The molecule has 0 saturated carbocycles. The fraction of sp³-hybridized carbons (Fsp3) is 0.526. The zero-order valence-electron chi connectivity index (χ0n) is 16.6. The highest BCUT2D eigenvalue weighted by molar-refractivity contribution is 7.86. The molecule has 2 atom stereocenters. The monoisotopic (exact) mass is 392 g/mol. The molecule has 2 aromatic rings. The molecule has 2 heterocycles. The van der Waals surface area contributed by atoms with Crippen molar-refractivity contribution in [3.63, 3.8) is 0 Å². The standard InChI is InChI=1S/C19H28N4O3S/c1-14-11-22(12-15(2)26-14)27(24,25)21(5)13-19-16(3)20-23(17(19)4)18-9-7-6-8-10-18/h6-10,14-15H,11-13H2,1-5H3/t14-,15-/m0/s1. The van der Waals surface area contributed by atoms with E-state index >= 15 is 0 Å². The van der Waals surface area contributed by atoms with Crippen molar-refractivity contribution in [3.8, 4) is 5.69 Å². The van der Waals surface area contributed by atoms with E-state index in [9.17, 15) is 8.42 Å². The fourth-order valence-electron chi connectivity index (χ4n) is 3.54.